The van der Waals surface area contributed by atoms with Gasteiger partial charge in [0, 0.05) is 38.4 Å². The molecule has 0 bridgehead atoms. The molecular weight excluding hydrogens is 248 g/mol. The van der Waals surface area contributed by atoms with Gasteiger partial charge in [0.2, 0.25) is 0 Å². The molecule has 0 amide bonds. The highest BCUT2D eigenvalue weighted by Gasteiger charge is 2.22. The maximum absolute atomic E-state index is 6.26. The fraction of sp³-hybridized carbons (Fsp3) is 0.462. The van der Waals surface area contributed by atoms with Crippen LogP contribution in [0.15, 0.2) is 18.3 Å². The zero-order valence-electron chi connectivity index (χ0n) is 10.7. The molecule has 1 aliphatic heterocycles. The van der Waals surface area contributed by atoms with Crippen molar-refractivity contribution in [3.63, 3.8) is 0 Å². The van der Waals surface area contributed by atoms with Crippen molar-refractivity contribution in [1.29, 1.82) is 0 Å². The van der Waals surface area contributed by atoms with E-state index < -0.39 is 0 Å². The Bertz CT molecular complexity index is 570. The van der Waals surface area contributed by atoms with Gasteiger partial charge in [-0.15, -0.1) is 0 Å². The first-order valence-corrected chi connectivity index (χ1v) is 6.60. The van der Waals surface area contributed by atoms with Gasteiger partial charge in [-0.25, -0.2) is 4.98 Å². The lowest BCUT2D eigenvalue weighted by molar-refractivity contribution is 0.699. The molecule has 4 nitrogen and oxygen atoms in total. The Hall–Kier alpha value is -1.26. The third-order valence-electron chi connectivity index (χ3n) is 3.55. The highest BCUT2D eigenvalue weighted by molar-refractivity contribution is 6.32. The largest absolute Gasteiger partial charge is 0.378 e. The van der Waals surface area contributed by atoms with Crippen molar-refractivity contribution in [3.8, 4) is 0 Å². The summed E-state index contributed by atoms with van der Waals surface area (Å²) in [4.78, 5) is 6.61. The number of anilines is 1. The number of nitrogens with one attached hydrogen (secondary N) is 1. The molecule has 0 aliphatic carbocycles. The Morgan fingerprint density at radius 3 is 3.00 bits per heavy atom. The number of rotatable bonds is 2. The summed E-state index contributed by atoms with van der Waals surface area (Å²) in [5.41, 5.74) is 2.13. The SMILES string of the molecule is CN(C)c1ccn2c(C3CCNC3)nc(Cl)c2c1. The first kappa shape index (κ1) is 11.8. The number of hydrogen-bond acceptors (Lipinski definition) is 3. The van der Waals surface area contributed by atoms with E-state index >= 15 is 0 Å². The predicted octanol–water partition coefficient (Wildman–Crippen LogP) is 2.13. The molecule has 1 fully saturated rings. The van der Waals surface area contributed by atoms with Gasteiger partial charge in [-0.3, -0.25) is 0 Å². The van der Waals surface area contributed by atoms with Crippen molar-refractivity contribution >= 4 is 22.8 Å². The van der Waals surface area contributed by atoms with Crippen molar-refractivity contribution in [2.45, 2.75) is 12.3 Å². The van der Waals surface area contributed by atoms with E-state index in [-0.39, 0.29) is 0 Å². The molecule has 0 radical (unpaired) electrons. The molecule has 2 aromatic rings. The zero-order valence-corrected chi connectivity index (χ0v) is 11.4. The van der Waals surface area contributed by atoms with E-state index in [2.05, 4.69) is 37.9 Å². The second-order valence-corrected chi connectivity index (χ2v) is 5.34. The van der Waals surface area contributed by atoms with Gasteiger partial charge >= 0.3 is 0 Å². The molecule has 0 spiro atoms. The van der Waals surface area contributed by atoms with Gasteiger partial charge in [0.05, 0.1) is 5.52 Å². The maximum Gasteiger partial charge on any atom is 0.155 e. The number of halogens is 1. The molecule has 1 saturated heterocycles. The molecule has 18 heavy (non-hydrogen) atoms. The summed E-state index contributed by atoms with van der Waals surface area (Å²) in [6.45, 7) is 2.05. The molecule has 3 heterocycles. The Kier molecular flexibility index (Phi) is 2.92. The van der Waals surface area contributed by atoms with Gasteiger partial charge < -0.3 is 14.6 Å². The molecule has 3 rings (SSSR count). The average Bonchev–Trinajstić information content (AvgIpc) is 2.97. The predicted molar refractivity (Wildman–Crippen MR) is 74.8 cm³/mol. The van der Waals surface area contributed by atoms with E-state index in [0.717, 1.165) is 36.5 Å². The van der Waals surface area contributed by atoms with E-state index in [1.54, 1.807) is 0 Å². The van der Waals surface area contributed by atoms with E-state index in [4.69, 9.17) is 11.6 Å². The smallest absolute Gasteiger partial charge is 0.155 e. The van der Waals surface area contributed by atoms with Crippen molar-refractivity contribution in [2.24, 2.45) is 0 Å². The Labute approximate surface area is 112 Å². The summed E-state index contributed by atoms with van der Waals surface area (Å²) in [6, 6.07) is 4.18. The third-order valence-corrected chi connectivity index (χ3v) is 3.83. The van der Waals surface area contributed by atoms with Crippen LogP contribution in [0.5, 0.6) is 0 Å². The van der Waals surface area contributed by atoms with Gasteiger partial charge in [0.25, 0.3) is 0 Å². The standard InChI is InChI=1S/C13H17ClN4/c1-17(2)10-4-6-18-11(7-10)12(14)16-13(18)9-3-5-15-8-9/h4,6-7,9,15H,3,5,8H2,1-2H3. The Balaban J connectivity index is 2.12. The number of fused-ring (bicyclic) bond motifs is 1. The monoisotopic (exact) mass is 264 g/mol. The number of pyridine rings is 1. The van der Waals surface area contributed by atoms with E-state index in [0.29, 0.717) is 11.1 Å². The molecule has 0 aromatic carbocycles. The molecule has 1 N–H and O–H groups in total. The minimum Gasteiger partial charge on any atom is -0.378 e. The van der Waals surface area contributed by atoms with Crippen LogP contribution in [0.4, 0.5) is 5.69 Å². The molecule has 1 aliphatic rings. The molecule has 1 unspecified atom stereocenters. The maximum atomic E-state index is 6.26. The van der Waals surface area contributed by atoms with Crippen LogP contribution in [-0.2, 0) is 0 Å². The van der Waals surface area contributed by atoms with Crippen molar-refractivity contribution in [2.75, 3.05) is 32.1 Å². The molecule has 96 valence electrons. The first-order valence-electron chi connectivity index (χ1n) is 6.22. The lowest BCUT2D eigenvalue weighted by Crippen LogP contribution is -2.11. The first-order chi connectivity index (χ1) is 8.66. The minimum atomic E-state index is 0.468. The molecule has 0 saturated carbocycles. The minimum absolute atomic E-state index is 0.468. The van der Waals surface area contributed by atoms with Crippen LogP contribution >= 0.6 is 11.6 Å². The molecule has 2 aromatic heterocycles. The summed E-state index contributed by atoms with van der Waals surface area (Å²) >= 11 is 6.26. The van der Waals surface area contributed by atoms with Gasteiger partial charge in [-0.1, -0.05) is 11.6 Å². The van der Waals surface area contributed by atoms with E-state index in [1.807, 2.05) is 14.1 Å². The Morgan fingerprint density at radius 2 is 2.33 bits per heavy atom. The van der Waals surface area contributed by atoms with Crippen LogP contribution in [0.3, 0.4) is 0 Å². The number of hydrogen-bond donors (Lipinski definition) is 1. The van der Waals surface area contributed by atoms with Crippen molar-refractivity contribution in [1.82, 2.24) is 14.7 Å². The molecule has 1 atom stereocenters. The van der Waals surface area contributed by atoms with Gasteiger partial charge in [-0.2, -0.15) is 0 Å². The van der Waals surface area contributed by atoms with Crippen LogP contribution in [0.1, 0.15) is 18.2 Å². The van der Waals surface area contributed by atoms with Crippen LogP contribution in [-0.4, -0.2) is 36.6 Å². The van der Waals surface area contributed by atoms with Gasteiger partial charge in [0.15, 0.2) is 5.15 Å². The quantitative estimate of drug-likeness (QED) is 0.902. The fourth-order valence-electron chi connectivity index (χ4n) is 2.50. The summed E-state index contributed by atoms with van der Waals surface area (Å²) in [6.07, 6.45) is 3.20. The fourth-order valence-corrected chi connectivity index (χ4v) is 2.73. The van der Waals surface area contributed by atoms with Gasteiger partial charge in [0.1, 0.15) is 5.82 Å². The summed E-state index contributed by atoms with van der Waals surface area (Å²) in [5, 5.41) is 3.97. The number of aromatic nitrogens is 2. The topological polar surface area (TPSA) is 32.6 Å². The van der Waals surface area contributed by atoms with E-state index in [9.17, 15) is 0 Å². The zero-order chi connectivity index (χ0) is 12.7. The summed E-state index contributed by atoms with van der Waals surface area (Å²) in [5.74, 6) is 1.54. The van der Waals surface area contributed by atoms with Gasteiger partial charge in [-0.05, 0) is 25.1 Å². The normalized spacial score (nSPS) is 19.6. The second kappa shape index (κ2) is 4.44. The molecular formula is C13H17ClN4. The highest BCUT2D eigenvalue weighted by atomic mass is 35.5. The van der Waals surface area contributed by atoms with Crippen molar-refractivity contribution in [3.05, 3.63) is 29.3 Å². The van der Waals surface area contributed by atoms with Crippen molar-refractivity contribution < 1.29 is 0 Å². The van der Waals surface area contributed by atoms with Crippen LogP contribution < -0.4 is 10.2 Å². The lowest BCUT2D eigenvalue weighted by atomic mass is 10.1. The summed E-state index contributed by atoms with van der Waals surface area (Å²) in [7, 11) is 4.05. The van der Waals surface area contributed by atoms with E-state index in [1.165, 1.54) is 0 Å². The number of imidazole rings is 1. The molecule has 5 heteroatoms. The highest BCUT2D eigenvalue weighted by Crippen LogP contribution is 2.28. The van der Waals surface area contributed by atoms with Crippen LogP contribution in [0.2, 0.25) is 5.15 Å². The Morgan fingerprint density at radius 1 is 1.50 bits per heavy atom. The average molecular weight is 265 g/mol. The summed E-state index contributed by atoms with van der Waals surface area (Å²) < 4.78 is 2.12. The van der Waals surface area contributed by atoms with Crippen LogP contribution in [0.25, 0.3) is 5.52 Å². The number of nitrogens with zero attached hydrogens (tertiary/aromatic N) is 3. The second-order valence-electron chi connectivity index (χ2n) is 4.99. The van der Waals surface area contributed by atoms with Crippen LogP contribution in [0, 0.1) is 0 Å². The lowest BCUT2D eigenvalue weighted by Gasteiger charge is -2.13. The third kappa shape index (κ3) is 1.85.